The number of carbonyl (C=O) groups is 2. The second-order valence-corrected chi connectivity index (χ2v) is 5.05. The van der Waals surface area contributed by atoms with Crippen LogP contribution in [0.1, 0.15) is 27.2 Å². The predicted octanol–water partition coefficient (Wildman–Crippen LogP) is 1.88. The maximum Gasteiger partial charge on any atom is 0.185 e. The number of ketones is 1. The van der Waals surface area contributed by atoms with Gasteiger partial charge in [0.1, 0.15) is 5.78 Å². The fourth-order valence-electron chi connectivity index (χ4n) is 1.32. The highest BCUT2D eigenvalue weighted by atomic mass is 32.2. The number of hydrogen-bond acceptors (Lipinski definition) is 3. The van der Waals surface area contributed by atoms with Crippen LogP contribution in [0.2, 0.25) is 0 Å². The zero-order valence-corrected chi connectivity index (χ0v) is 8.53. The molecule has 1 aliphatic rings. The van der Waals surface area contributed by atoms with Gasteiger partial charge in [-0.1, -0.05) is 25.6 Å². The van der Waals surface area contributed by atoms with E-state index in [1.54, 1.807) is 6.92 Å². The fraction of sp³-hybridized carbons (Fsp3) is 0.778. The monoisotopic (exact) mass is 186 g/mol. The number of thioether (sulfide) groups is 1. The molecule has 0 aromatic carbocycles. The van der Waals surface area contributed by atoms with Gasteiger partial charge in [-0.25, -0.2) is 0 Å². The molecular formula is C9H14O2S. The SMILES string of the molecule is CC(=O)SCC1CC(=O)C1(C)C. The second kappa shape index (κ2) is 3.21. The first kappa shape index (κ1) is 9.78. The van der Waals surface area contributed by atoms with Gasteiger partial charge in [0.05, 0.1) is 0 Å². The van der Waals surface area contributed by atoms with Crippen molar-refractivity contribution in [1.82, 2.24) is 0 Å². The molecule has 0 spiro atoms. The van der Waals surface area contributed by atoms with Gasteiger partial charge in [0.15, 0.2) is 5.12 Å². The molecule has 3 heteroatoms. The van der Waals surface area contributed by atoms with E-state index in [0.717, 1.165) is 5.75 Å². The van der Waals surface area contributed by atoms with Crippen molar-refractivity contribution in [3.8, 4) is 0 Å². The molecule has 0 bridgehead atoms. The highest BCUT2D eigenvalue weighted by molar-refractivity contribution is 8.13. The van der Waals surface area contributed by atoms with Gasteiger partial charge in [-0.05, 0) is 5.92 Å². The van der Waals surface area contributed by atoms with Crippen LogP contribution < -0.4 is 0 Å². The summed E-state index contributed by atoms with van der Waals surface area (Å²) < 4.78 is 0. The summed E-state index contributed by atoms with van der Waals surface area (Å²) in [4.78, 5) is 21.8. The van der Waals surface area contributed by atoms with Gasteiger partial charge >= 0.3 is 0 Å². The van der Waals surface area contributed by atoms with Crippen molar-refractivity contribution < 1.29 is 9.59 Å². The molecule has 68 valence electrons. The lowest BCUT2D eigenvalue weighted by Crippen LogP contribution is -2.46. The van der Waals surface area contributed by atoms with Gasteiger partial charge in [0.2, 0.25) is 0 Å². The number of rotatable bonds is 2. The van der Waals surface area contributed by atoms with E-state index in [0.29, 0.717) is 18.1 Å². The normalized spacial score (nSPS) is 26.6. The van der Waals surface area contributed by atoms with Crippen LogP contribution in [-0.2, 0) is 9.59 Å². The van der Waals surface area contributed by atoms with E-state index < -0.39 is 0 Å². The maximum absolute atomic E-state index is 11.1. The molecule has 1 rings (SSSR count). The first-order valence-corrected chi connectivity index (χ1v) is 5.10. The van der Waals surface area contributed by atoms with Crippen molar-refractivity contribution in [2.24, 2.45) is 11.3 Å². The Morgan fingerprint density at radius 3 is 2.58 bits per heavy atom. The number of hydrogen-bond donors (Lipinski definition) is 0. The lowest BCUT2D eigenvalue weighted by Gasteiger charge is -2.42. The molecule has 12 heavy (non-hydrogen) atoms. The van der Waals surface area contributed by atoms with Crippen LogP contribution in [0, 0.1) is 11.3 Å². The van der Waals surface area contributed by atoms with Crippen molar-refractivity contribution in [1.29, 1.82) is 0 Å². The summed E-state index contributed by atoms with van der Waals surface area (Å²) in [7, 11) is 0. The fourth-order valence-corrected chi connectivity index (χ4v) is 2.29. The molecule has 1 aliphatic carbocycles. The first-order valence-electron chi connectivity index (χ1n) is 4.11. The Balaban J connectivity index is 2.37. The van der Waals surface area contributed by atoms with Gasteiger partial charge in [0.25, 0.3) is 0 Å². The summed E-state index contributed by atoms with van der Waals surface area (Å²) in [5, 5.41) is 0.144. The van der Waals surface area contributed by atoms with Gasteiger partial charge in [-0.15, -0.1) is 0 Å². The average Bonchev–Trinajstić information content (AvgIpc) is 1.97. The highest BCUT2D eigenvalue weighted by Gasteiger charge is 2.46. The molecule has 2 nitrogen and oxygen atoms in total. The molecule has 1 saturated carbocycles. The van der Waals surface area contributed by atoms with E-state index in [2.05, 4.69) is 0 Å². The van der Waals surface area contributed by atoms with Gasteiger partial charge in [-0.3, -0.25) is 9.59 Å². The molecule has 0 radical (unpaired) electrons. The standard InChI is InChI=1S/C9H14O2S/c1-6(10)12-5-7-4-8(11)9(7,2)3/h7H,4-5H2,1-3H3. The first-order chi connectivity index (χ1) is 5.44. The molecular weight excluding hydrogens is 172 g/mol. The molecule has 1 unspecified atom stereocenters. The molecule has 0 aromatic heterocycles. The van der Waals surface area contributed by atoms with Crippen LogP contribution in [0.4, 0.5) is 0 Å². The van der Waals surface area contributed by atoms with Crippen molar-refractivity contribution in [3.05, 3.63) is 0 Å². The summed E-state index contributed by atoms with van der Waals surface area (Å²) in [6.07, 6.45) is 0.660. The average molecular weight is 186 g/mol. The Kier molecular flexibility index (Phi) is 2.61. The van der Waals surface area contributed by atoms with E-state index in [1.165, 1.54) is 11.8 Å². The zero-order chi connectivity index (χ0) is 9.35. The van der Waals surface area contributed by atoms with E-state index in [1.807, 2.05) is 13.8 Å². The molecule has 0 N–H and O–H groups in total. The lowest BCUT2D eigenvalue weighted by molar-refractivity contribution is -0.141. The highest BCUT2D eigenvalue weighted by Crippen LogP contribution is 2.44. The summed E-state index contributed by atoms with van der Waals surface area (Å²) in [6.45, 7) is 5.49. The molecule has 0 aromatic rings. The van der Waals surface area contributed by atoms with Gasteiger partial charge in [0, 0.05) is 24.5 Å². The Morgan fingerprint density at radius 1 is 1.67 bits per heavy atom. The van der Waals surface area contributed by atoms with Crippen molar-refractivity contribution in [2.45, 2.75) is 27.2 Å². The minimum atomic E-state index is -0.178. The minimum absolute atomic E-state index is 0.144. The van der Waals surface area contributed by atoms with E-state index in [-0.39, 0.29) is 10.5 Å². The third kappa shape index (κ3) is 1.71. The summed E-state index contributed by atoms with van der Waals surface area (Å²) >= 11 is 1.33. The van der Waals surface area contributed by atoms with E-state index in [9.17, 15) is 9.59 Å². The maximum atomic E-state index is 11.1. The van der Waals surface area contributed by atoms with Crippen LogP contribution in [0.5, 0.6) is 0 Å². The largest absolute Gasteiger partial charge is 0.299 e. The predicted molar refractivity (Wildman–Crippen MR) is 50.0 cm³/mol. The van der Waals surface area contributed by atoms with Crippen LogP contribution in [0.15, 0.2) is 0 Å². The second-order valence-electron chi connectivity index (χ2n) is 3.85. The van der Waals surface area contributed by atoms with Crippen LogP contribution in [0.3, 0.4) is 0 Å². The lowest BCUT2D eigenvalue weighted by atomic mass is 9.62. The third-order valence-electron chi connectivity index (χ3n) is 2.66. The van der Waals surface area contributed by atoms with E-state index in [4.69, 9.17) is 0 Å². The quantitative estimate of drug-likeness (QED) is 0.660. The molecule has 0 saturated heterocycles. The Bertz CT molecular complexity index is 221. The Labute approximate surface area is 77.1 Å². The molecule has 1 fully saturated rings. The summed E-state index contributed by atoms with van der Waals surface area (Å²) in [5.74, 6) is 1.53. The van der Waals surface area contributed by atoms with Crippen molar-refractivity contribution in [2.75, 3.05) is 5.75 Å². The van der Waals surface area contributed by atoms with Crippen LogP contribution >= 0.6 is 11.8 Å². The Hall–Kier alpha value is -0.310. The van der Waals surface area contributed by atoms with Crippen LogP contribution in [-0.4, -0.2) is 16.7 Å². The van der Waals surface area contributed by atoms with Gasteiger partial charge < -0.3 is 0 Å². The van der Waals surface area contributed by atoms with Crippen molar-refractivity contribution in [3.63, 3.8) is 0 Å². The topological polar surface area (TPSA) is 34.1 Å². The van der Waals surface area contributed by atoms with Crippen molar-refractivity contribution >= 4 is 22.7 Å². The summed E-state index contributed by atoms with van der Waals surface area (Å²) in [5.41, 5.74) is -0.178. The molecule has 0 heterocycles. The van der Waals surface area contributed by atoms with E-state index >= 15 is 0 Å². The third-order valence-corrected chi connectivity index (χ3v) is 3.63. The number of carbonyl (C=O) groups excluding carboxylic acids is 2. The zero-order valence-electron chi connectivity index (χ0n) is 7.72. The Morgan fingerprint density at radius 2 is 2.25 bits per heavy atom. The molecule has 1 atom stereocenters. The van der Waals surface area contributed by atoms with Crippen LogP contribution in [0.25, 0.3) is 0 Å². The number of Topliss-reactive ketones (excluding diaryl/α,β-unsaturated/α-hetero) is 1. The minimum Gasteiger partial charge on any atom is -0.299 e. The summed E-state index contributed by atoms with van der Waals surface area (Å²) in [6, 6.07) is 0. The smallest absolute Gasteiger partial charge is 0.185 e. The molecule has 0 amide bonds. The molecule has 0 aliphatic heterocycles. The van der Waals surface area contributed by atoms with Gasteiger partial charge in [-0.2, -0.15) is 0 Å².